The fourth-order valence-corrected chi connectivity index (χ4v) is 1.16. The fourth-order valence-electron chi connectivity index (χ4n) is 1.16. The Balaban J connectivity index is 2.76. The van der Waals surface area contributed by atoms with Gasteiger partial charge < -0.3 is 15.4 Å². The molecule has 0 unspecified atom stereocenters. The molecule has 18 heavy (non-hydrogen) atoms. The summed E-state index contributed by atoms with van der Waals surface area (Å²) in [5.74, 6) is 0.180. The number of carbonyl (C=O) groups excluding carboxylic acids is 2. The summed E-state index contributed by atoms with van der Waals surface area (Å²) in [5, 5.41) is 5.05. The molecule has 2 N–H and O–H groups in total. The van der Waals surface area contributed by atoms with Crippen LogP contribution in [0.4, 0.5) is 10.5 Å². The van der Waals surface area contributed by atoms with Crippen molar-refractivity contribution < 1.29 is 14.3 Å². The van der Waals surface area contributed by atoms with Crippen LogP contribution in [0.25, 0.3) is 0 Å². The standard InChI is InChI=1S/C13H16N2O3/c1-4-9(2)12(16)15-10-6-5-7-11(8-10)18-13(17)14-3/h4-8H,1-3H3,(H,14,17)(H,15,16)/b9-4+. The lowest BCUT2D eigenvalue weighted by atomic mass is 10.2. The van der Waals surface area contributed by atoms with Crippen molar-refractivity contribution in [2.45, 2.75) is 13.8 Å². The van der Waals surface area contributed by atoms with Crippen molar-refractivity contribution in [1.29, 1.82) is 0 Å². The number of hydrogen-bond acceptors (Lipinski definition) is 3. The van der Waals surface area contributed by atoms with E-state index in [1.807, 2.05) is 0 Å². The van der Waals surface area contributed by atoms with Crippen molar-refractivity contribution in [2.24, 2.45) is 0 Å². The van der Waals surface area contributed by atoms with Crippen LogP contribution < -0.4 is 15.4 Å². The number of allylic oxidation sites excluding steroid dienone is 1. The molecule has 0 saturated heterocycles. The maximum Gasteiger partial charge on any atom is 0.412 e. The summed E-state index contributed by atoms with van der Waals surface area (Å²) in [6.45, 7) is 3.51. The Morgan fingerprint density at radius 2 is 2.06 bits per heavy atom. The fraction of sp³-hybridized carbons (Fsp3) is 0.231. The Kier molecular flexibility index (Phi) is 4.92. The maximum atomic E-state index is 11.6. The van der Waals surface area contributed by atoms with Crippen molar-refractivity contribution in [3.8, 4) is 5.75 Å². The van der Waals surface area contributed by atoms with Gasteiger partial charge in [0, 0.05) is 24.4 Å². The number of ether oxygens (including phenoxy) is 1. The van der Waals surface area contributed by atoms with Crippen LogP contribution in [0.2, 0.25) is 0 Å². The molecule has 96 valence electrons. The second kappa shape index (κ2) is 6.44. The lowest BCUT2D eigenvalue weighted by Gasteiger charge is -2.07. The zero-order chi connectivity index (χ0) is 13.5. The first-order valence-electron chi connectivity index (χ1n) is 5.50. The molecule has 1 aromatic carbocycles. The van der Waals surface area contributed by atoms with E-state index in [-0.39, 0.29) is 5.91 Å². The summed E-state index contributed by atoms with van der Waals surface area (Å²) in [4.78, 5) is 22.7. The molecule has 0 atom stereocenters. The summed E-state index contributed by atoms with van der Waals surface area (Å²) in [6, 6.07) is 6.62. The Bertz CT molecular complexity index is 481. The zero-order valence-electron chi connectivity index (χ0n) is 10.6. The number of benzene rings is 1. The zero-order valence-corrected chi connectivity index (χ0v) is 10.6. The van der Waals surface area contributed by atoms with Crippen LogP contribution in [-0.4, -0.2) is 19.0 Å². The normalized spacial score (nSPS) is 10.7. The van der Waals surface area contributed by atoms with E-state index in [4.69, 9.17) is 4.74 Å². The third-order valence-corrected chi connectivity index (χ3v) is 2.30. The molecule has 0 bridgehead atoms. The Morgan fingerprint density at radius 3 is 2.67 bits per heavy atom. The predicted molar refractivity (Wildman–Crippen MR) is 69.6 cm³/mol. The molecule has 2 amide bonds. The molecule has 0 heterocycles. The molecule has 0 aliphatic rings. The number of anilines is 1. The molecular formula is C13H16N2O3. The molecule has 0 aliphatic carbocycles. The van der Waals surface area contributed by atoms with Gasteiger partial charge in [-0.15, -0.1) is 0 Å². The summed E-state index contributed by atoms with van der Waals surface area (Å²) < 4.78 is 4.96. The average Bonchev–Trinajstić information content (AvgIpc) is 2.37. The second-order valence-corrected chi connectivity index (χ2v) is 3.59. The van der Waals surface area contributed by atoms with Crippen LogP contribution in [0.1, 0.15) is 13.8 Å². The predicted octanol–water partition coefficient (Wildman–Crippen LogP) is 2.31. The highest BCUT2D eigenvalue weighted by molar-refractivity contribution is 6.03. The van der Waals surface area contributed by atoms with E-state index in [0.29, 0.717) is 17.0 Å². The first kappa shape index (κ1) is 13.8. The van der Waals surface area contributed by atoms with E-state index >= 15 is 0 Å². The van der Waals surface area contributed by atoms with Crippen molar-refractivity contribution >= 4 is 17.7 Å². The van der Waals surface area contributed by atoms with Gasteiger partial charge in [-0.25, -0.2) is 4.79 Å². The van der Waals surface area contributed by atoms with Gasteiger partial charge in [0.25, 0.3) is 5.91 Å². The lowest BCUT2D eigenvalue weighted by Crippen LogP contribution is -2.22. The van der Waals surface area contributed by atoms with E-state index in [2.05, 4.69) is 10.6 Å². The summed E-state index contributed by atoms with van der Waals surface area (Å²) >= 11 is 0. The molecule has 0 aliphatic heterocycles. The number of rotatable bonds is 3. The lowest BCUT2D eigenvalue weighted by molar-refractivity contribution is -0.112. The van der Waals surface area contributed by atoms with Crippen LogP contribution >= 0.6 is 0 Å². The quantitative estimate of drug-likeness (QED) is 0.806. The Hall–Kier alpha value is -2.30. The molecule has 5 heteroatoms. The van der Waals surface area contributed by atoms with Crippen LogP contribution in [0.5, 0.6) is 5.75 Å². The number of hydrogen-bond donors (Lipinski definition) is 2. The van der Waals surface area contributed by atoms with Crippen molar-refractivity contribution in [1.82, 2.24) is 5.32 Å². The third-order valence-electron chi connectivity index (χ3n) is 2.30. The maximum absolute atomic E-state index is 11.6. The van der Waals surface area contributed by atoms with Crippen LogP contribution in [0.3, 0.4) is 0 Å². The average molecular weight is 248 g/mol. The van der Waals surface area contributed by atoms with E-state index in [1.165, 1.54) is 7.05 Å². The van der Waals surface area contributed by atoms with Gasteiger partial charge in [-0.2, -0.15) is 0 Å². The van der Waals surface area contributed by atoms with Gasteiger partial charge in [0.2, 0.25) is 0 Å². The first-order valence-corrected chi connectivity index (χ1v) is 5.50. The van der Waals surface area contributed by atoms with Crippen molar-refractivity contribution in [3.05, 3.63) is 35.9 Å². The van der Waals surface area contributed by atoms with Crippen molar-refractivity contribution in [3.63, 3.8) is 0 Å². The summed E-state index contributed by atoms with van der Waals surface area (Å²) in [7, 11) is 1.48. The number of amides is 2. The van der Waals surface area contributed by atoms with Gasteiger partial charge in [-0.05, 0) is 26.0 Å². The van der Waals surface area contributed by atoms with E-state index in [9.17, 15) is 9.59 Å². The molecule has 0 saturated carbocycles. The first-order chi connectivity index (χ1) is 8.56. The smallest absolute Gasteiger partial charge is 0.410 e. The van der Waals surface area contributed by atoms with Gasteiger partial charge in [0.05, 0.1) is 0 Å². The highest BCUT2D eigenvalue weighted by Gasteiger charge is 2.06. The largest absolute Gasteiger partial charge is 0.412 e. The molecule has 0 aromatic heterocycles. The molecular weight excluding hydrogens is 232 g/mol. The van der Waals surface area contributed by atoms with E-state index in [1.54, 1.807) is 44.2 Å². The van der Waals surface area contributed by atoms with Gasteiger partial charge >= 0.3 is 6.09 Å². The molecule has 1 rings (SSSR count). The molecule has 0 spiro atoms. The minimum absolute atomic E-state index is 0.186. The highest BCUT2D eigenvalue weighted by atomic mass is 16.5. The third kappa shape index (κ3) is 3.93. The highest BCUT2D eigenvalue weighted by Crippen LogP contribution is 2.18. The Morgan fingerprint density at radius 1 is 1.33 bits per heavy atom. The van der Waals surface area contributed by atoms with Gasteiger partial charge in [0.1, 0.15) is 5.75 Å². The Labute approximate surface area is 106 Å². The van der Waals surface area contributed by atoms with Crippen LogP contribution in [-0.2, 0) is 4.79 Å². The SMILES string of the molecule is C/C=C(\C)C(=O)Nc1cccc(OC(=O)NC)c1. The molecule has 5 nitrogen and oxygen atoms in total. The minimum Gasteiger partial charge on any atom is -0.410 e. The van der Waals surface area contributed by atoms with Crippen LogP contribution in [0, 0.1) is 0 Å². The topological polar surface area (TPSA) is 67.4 Å². The van der Waals surface area contributed by atoms with Gasteiger partial charge in [-0.3, -0.25) is 4.79 Å². The molecule has 0 fully saturated rings. The van der Waals surface area contributed by atoms with Crippen LogP contribution in [0.15, 0.2) is 35.9 Å². The summed E-state index contributed by atoms with van der Waals surface area (Å²) in [6.07, 6.45) is 1.17. The van der Waals surface area contributed by atoms with Gasteiger partial charge in [-0.1, -0.05) is 12.1 Å². The summed E-state index contributed by atoms with van der Waals surface area (Å²) in [5.41, 5.74) is 1.19. The monoisotopic (exact) mass is 248 g/mol. The van der Waals surface area contributed by atoms with Crippen molar-refractivity contribution in [2.75, 3.05) is 12.4 Å². The number of carbonyl (C=O) groups is 2. The van der Waals surface area contributed by atoms with E-state index in [0.717, 1.165) is 0 Å². The minimum atomic E-state index is -0.553. The second-order valence-electron chi connectivity index (χ2n) is 3.59. The molecule has 1 aromatic rings. The molecule has 0 radical (unpaired) electrons. The number of nitrogens with one attached hydrogen (secondary N) is 2. The van der Waals surface area contributed by atoms with Gasteiger partial charge in [0.15, 0.2) is 0 Å². The van der Waals surface area contributed by atoms with E-state index < -0.39 is 6.09 Å².